The SMILES string of the molecule is C=CC[C@@H]1/C=C(\C)C[C@H](C)C[C@H](OC)[C@H]2O[C@@](O)(C(=O)C(=O)N3CCCC[C@H]3C(=O)O[C@H](/C(C)=C/[C@@H]3CC[C@@H](O)[C@H](OC)C3)[C@H](C)[C@@H](O)CC1=O)[C@H](C)C[C@@H]2OC.CN1CC(=O)N2[C@H](c3ccc4c(c3)OCO4)c3[nH]c4ccccc4c3C[C@@H]2C1=O.O=C(NCC1CCCCN1)c1cc(OCC(F)(F)F)ccc1OCC(F)(F)F. The van der Waals surface area contributed by atoms with Gasteiger partial charge in [-0.3, -0.25) is 28.8 Å². The molecule has 1 saturated carbocycles. The Kier molecular flexibility index (Phi) is 29.7. The maximum absolute atomic E-state index is 14.3. The number of nitrogens with one attached hydrogen (secondary N) is 3. The van der Waals surface area contributed by atoms with Gasteiger partial charge in [0.1, 0.15) is 41.6 Å². The average molecular weight is 1610 g/mol. The number of likely N-dealkylation sites (N-methyl/N-ethyl adjacent to an activating group) is 1. The molecule has 8 heterocycles. The molecule has 1 aromatic heterocycles. The number of halogens is 6. The first kappa shape index (κ1) is 87.9. The van der Waals surface area contributed by atoms with Gasteiger partial charge in [0.15, 0.2) is 24.7 Å². The maximum Gasteiger partial charge on any atom is 0.422 e. The van der Waals surface area contributed by atoms with E-state index in [1.165, 1.54) is 24.0 Å². The van der Waals surface area contributed by atoms with Crippen LogP contribution in [0.4, 0.5) is 26.3 Å². The Balaban J connectivity index is 0.000000200. The van der Waals surface area contributed by atoms with Crippen LogP contribution in [-0.2, 0) is 58.9 Å². The lowest BCUT2D eigenvalue weighted by atomic mass is 9.81. The van der Waals surface area contributed by atoms with Crippen LogP contribution >= 0.6 is 0 Å². The lowest BCUT2D eigenvalue weighted by molar-refractivity contribution is -0.302. The van der Waals surface area contributed by atoms with E-state index in [0.29, 0.717) is 74.9 Å². The number of amides is 4. The van der Waals surface area contributed by atoms with E-state index < -0.39 is 127 Å². The lowest BCUT2D eigenvalue weighted by Gasteiger charge is -2.47. The number of piperidine rings is 2. The molecule has 12 rings (SSSR count). The number of aliphatic hydroxyl groups excluding tert-OH is 2. The van der Waals surface area contributed by atoms with Crippen LogP contribution in [0.25, 0.3) is 10.9 Å². The molecular formula is C83H108F6N6O19. The molecule has 626 valence electrons. The van der Waals surface area contributed by atoms with Gasteiger partial charge in [0.2, 0.25) is 24.4 Å². The highest BCUT2D eigenvalue weighted by atomic mass is 19.4. The molecule has 4 aromatic rings. The van der Waals surface area contributed by atoms with Gasteiger partial charge in [-0.05, 0) is 162 Å². The van der Waals surface area contributed by atoms with Crippen LogP contribution in [0.1, 0.15) is 158 Å². The highest BCUT2D eigenvalue weighted by molar-refractivity contribution is 6.39. The number of piperazine rings is 1. The summed E-state index contributed by atoms with van der Waals surface area (Å²) in [5.41, 5.74) is 5.25. The second-order valence-corrected chi connectivity index (χ2v) is 31.4. The molecule has 7 aliphatic heterocycles. The number of nitrogens with zero attached hydrogens (tertiary/aromatic N) is 3. The molecule has 17 atom stereocenters. The standard InChI is InChI=1S/C44H69NO12.C22H19N3O4.C17H20F6N2O3/c1-10-13-31-19-25(2)18-26(3)20-37(54-8)40-38(55-9)22-28(5)44(52,57-40)41(49)42(50)45-17-12-11-14-32(45)43(51)56-39(29(6)34(47)24-35(31)48)27(4)21-30-15-16-33(46)36(23-30)53-7;1-24-10-19(26)25-16(22(24)27)9-14-13-4-2-3-5-15(13)23-20(14)21(25)12-6-7-17-18(8-12)29-11-28-17;18-16(19,20)9-27-12-4-5-14(28-10-17(21,22)23)13(7-12)15(26)25-8-11-3-1-2-6-24-11/h10,19,21,26,28-34,36-40,46-47,52H,1,11-18,20,22-24H2,2-9H3;2-8,16,21,23H,9-11H2,1H3;4-5,7,11,24H,1-3,6,8-10H2,(H,25,26)/b25-19+,27-21+;;/t26-,28+,29+,30-,31+,32-,33+,34-,36+,37-,38-,39+,40+,44+;16-,21-;/m01./s1. The predicted octanol–water partition coefficient (Wildman–Crippen LogP) is 10.3. The molecule has 25 nitrogen and oxygen atoms in total. The molecule has 1 unspecified atom stereocenters. The van der Waals surface area contributed by atoms with Crippen molar-refractivity contribution in [3.8, 4) is 23.0 Å². The zero-order valence-electron chi connectivity index (χ0n) is 66.0. The van der Waals surface area contributed by atoms with Crippen molar-refractivity contribution in [1.29, 1.82) is 0 Å². The van der Waals surface area contributed by atoms with Crippen molar-refractivity contribution >= 4 is 52.1 Å². The number of aromatic nitrogens is 1. The van der Waals surface area contributed by atoms with Crippen molar-refractivity contribution in [3.05, 3.63) is 119 Å². The van der Waals surface area contributed by atoms with Gasteiger partial charge >= 0.3 is 18.3 Å². The van der Waals surface area contributed by atoms with Crippen LogP contribution in [0, 0.1) is 29.6 Å². The molecule has 2 bridgehead atoms. The molecule has 5 fully saturated rings. The zero-order valence-corrected chi connectivity index (χ0v) is 66.0. The van der Waals surface area contributed by atoms with Crippen molar-refractivity contribution in [2.75, 3.05) is 74.6 Å². The smallest absolute Gasteiger partial charge is 0.422 e. The van der Waals surface area contributed by atoms with E-state index in [9.17, 15) is 75.2 Å². The number of Topliss-reactive ketones (excluding diaryl/α,β-unsaturated/α-hetero) is 2. The molecule has 31 heteroatoms. The summed E-state index contributed by atoms with van der Waals surface area (Å²) in [6.45, 7) is 11.2. The number of hydrogen-bond donors (Lipinski definition) is 6. The number of carbonyl (C=O) groups is 7. The normalized spacial score (nSPS) is 30.7. The van der Waals surface area contributed by atoms with E-state index >= 15 is 0 Å². The molecule has 1 aliphatic carbocycles. The fourth-order valence-corrected chi connectivity index (χ4v) is 16.9. The molecule has 0 spiro atoms. The Morgan fingerprint density at radius 2 is 1.49 bits per heavy atom. The third kappa shape index (κ3) is 21.4. The summed E-state index contributed by atoms with van der Waals surface area (Å²) in [6.07, 6.45) is -0.972. The number of cyclic esters (lactones) is 1. The molecule has 0 radical (unpaired) electrons. The quantitative estimate of drug-likeness (QED) is 0.0279. The number of para-hydroxylation sites is 1. The van der Waals surface area contributed by atoms with E-state index in [0.717, 1.165) is 77.3 Å². The molecule has 8 aliphatic rings. The maximum atomic E-state index is 14.3. The number of esters is 1. The van der Waals surface area contributed by atoms with Crippen LogP contribution in [0.5, 0.6) is 23.0 Å². The van der Waals surface area contributed by atoms with Gasteiger partial charge in [-0.1, -0.05) is 75.3 Å². The number of rotatable bonds is 15. The third-order valence-corrected chi connectivity index (χ3v) is 23.0. The fourth-order valence-electron chi connectivity index (χ4n) is 16.9. The Morgan fingerprint density at radius 3 is 2.19 bits per heavy atom. The van der Waals surface area contributed by atoms with Crippen LogP contribution in [0.2, 0.25) is 0 Å². The molecular weight excluding hydrogens is 1500 g/mol. The monoisotopic (exact) mass is 1610 g/mol. The number of carbonyl (C=O) groups excluding carboxylic acids is 7. The number of ketones is 2. The van der Waals surface area contributed by atoms with Gasteiger partial charge in [-0.2, -0.15) is 26.3 Å². The van der Waals surface area contributed by atoms with Crippen LogP contribution in [-0.4, -0.2) is 230 Å². The number of methoxy groups -OCH3 is 3. The molecule has 3 aromatic carbocycles. The van der Waals surface area contributed by atoms with Crippen molar-refractivity contribution in [3.63, 3.8) is 0 Å². The number of alkyl halides is 6. The molecule has 114 heavy (non-hydrogen) atoms. The van der Waals surface area contributed by atoms with Crippen LogP contribution in [0.15, 0.2) is 96.6 Å². The first-order chi connectivity index (χ1) is 54.1. The predicted molar refractivity (Wildman–Crippen MR) is 405 cm³/mol. The Bertz CT molecular complexity index is 4130. The second-order valence-electron chi connectivity index (χ2n) is 31.4. The fraction of sp³-hybridized carbons (Fsp3) is 0.602. The van der Waals surface area contributed by atoms with Crippen molar-refractivity contribution < 1.29 is 118 Å². The Labute approximate surface area is 659 Å². The van der Waals surface area contributed by atoms with Crippen molar-refractivity contribution in [1.82, 2.24) is 30.3 Å². The zero-order chi connectivity index (χ0) is 82.7. The van der Waals surface area contributed by atoms with E-state index in [4.69, 9.17) is 33.2 Å². The Morgan fingerprint density at radius 1 is 0.789 bits per heavy atom. The highest BCUT2D eigenvalue weighted by Crippen LogP contribution is 2.46. The molecule has 4 saturated heterocycles. The average Bonchev–Trinajstić information content (AvgIpc) is 1.50. The van der Waals surface area contributed by atoms with Crippen LogP contribution in [0.3, 0.4) is 0 Å². The second kappa shape index (κ2) is 38.6. The van der Waals surface area contributed by atoms with Crippen molar-refractivity contribution in [2.24, 2.45) is 29.6 Å². The van der Waals surface area contributed by atoms with Gasteiger partial charge < -0.3 is 88.3 Å². The Hall–Kier alpha value is -8.43. The summed E-state index contributed by atoms with van der Waals surface area (Å²) in [5.74, 6) is -7.95. The van der Waals surface area contributed by atoms with Crippen LogP contribution < -0.4 is 29.6 Å². The summed E-state index contributed by atoms with van der Waals surface area (Å²) in [7, 11) is 6.30. The first-order valence-corrected chi connectivity index (χ1v) is 39.1. The summed E-state index contributed by atoms with van der Waals surface area (Å²) in [4.78, 5) is 103. The van der Waals surface area contributed by atoms with E-state index in [2.05, 4.69) is 37.7 Å². The van der Waals surface area contributed by atoms with E-state index in [-0.39, 0.29) is 105 Å². The largest absolute Gasteiger partial charge is 0.484 e. The minimum Gasteiger partial charge on any atom is -0.484 e. The molecule has 6 N–H and O–H groups in total. The number of H-pyrrole nitrogens is 1. The van der Waals surface area contributed by atoms with Crippen molar-refractivity contribution in [2.45, 2.75) is 216 Å². The minimum absolute atomic E-state index is 0.00988. The number of hydrogen-bond acceptors (Lipinski definition) is 20. The minimum atomic E-state index is -4.63. The first-order valence-electron chi connectivity index (χ1n) is 39.1. The summed E-state index contributed by atoms with van der Waals surface area (Å²) in [6, 6.07) is 14.7. The summed E-state index contributed by atoms with van der Waals surface area (Å²) < 4.78 is 124. The van der Waals surface area contributed by atoms with Gasteiger partial charge in [0, 0.05) is 94.7 Å². The van der Waals surface area contributed by atoms with E-state index in [1.54, 1.807) is 39.0 Å². The van der Waals surface area contributed by atoms with Gasteiger partial charge in [-0.25, -0.2) is 4.79 Å². The number of aromatic amines is 1. The highest BCUT2D eigenvalue weighted by Gasteiger charge is 2.57. The number of allylic oxidation sites excluding steroid dienone is 4. The van der Waals surface area contributed by atoms with Gasteiger partial charge in [0.25, 0.3) is 17.6 Å². The molecule has 4 amide bonds. The van der Waals surface area contributed by atoms with Gasteiger partial charge in [-0.15, -0.1) is 6.58 Å². The third-order valence-electron chi connectivity index (χ3n) is 23.0. The summed E-state index contributed by atoms with van der Waals surface area (Å²) in [5, 5.41) is 41.0. The van der Waals surface area contributed by atoms with Gasteiger partial charge in [0.05, 0.1) is 48.7 Å². The number of benzene rings is 3. The van der Waals surface area contributed by atoms with E-state index in [1.807, 2.05) is 69.3 Å². The summed E-state index contributed by atoms with van der Waals surface area (Å²) >= 11 is 0. The topological polar surface area (TPSA) is 313 Å². The number of aliphatic hydroxyl groups is 3. The number of ether oxygens (including phenoxy) is 9. The number of fused-ring (bicyclic) bond motifs is 8. The lowest BCUT2D eigenvalue weighted by Crippen LogP contribution is -2.64.